The molecule has 6 nitrogen and oxygen atoms in total. The number of amides is 1. The summed E-state index contributed by atoms with van der Waals surface area (Å²) < 4.78 is 0. The summed E-state index contributed by atoms with van der Waals surface area (Å²) in [5.74, 6) is -0.520. The number of rotatable bonds is 6. The van der Waals surface area contributed by atoms with Crippen molar-refractivity contribution >= 4 is 17.7 Å². The number of anilines is 1. The molecule has 104 valence electrons. The number of nitrogens with zero attached hydrogens (tertiary/aromatic N) is 2. The molecule has 1 heterocycles. The normalized spacial score (nSPS) is 11.7. The Morgan fingerprint density at radius 1 is 1.47 bits per heavy atom. The van der Waals surface area contributed by atoms with Crippen LogP contribution in [0, 0.1) is 0 Å². The van der Waals surface area contributed by atoms with Crippen molar-refractivity contribution in [3.63, 3.8) is 0 Å². The van der Waals surface area contributed by atoms with Crippen molar-refractivity contribution < 1.29 is 14.7 Å². The molecule has 0 fully saturated rings. The zero-order chi connectivity index (χ0) is 14.4. The molecule has 0 saturated carbocycles. The van der Waals surface area contributed by atoms with E-state index in [1.165, 1.54) is 0 Å². The van der Waals surface area contributed by atoms with E-state index in [9.17, 15) is 9.59 Å². The van der Waals surface area contributed by atoms with Crippen LogP contribution < -0.4 is 10.2 Å². The van der Waals surface area contributed by atoms with Crippen molar-refractivity contribution in [2.75, 3.05) is 19.0 Å². The van der Waals surface area contributed by atoms with E-state index in [0.717, 1.165) is 0 Å². The van der Waals surface area contributed by atoms with E-state index in [4.69, 9.17) is 5.11 Å². The first-order valence-electron chi connectivity index (χ1n) is 6.10. The van der Waals surface area contributed by atoms with E-state index in [1.54, 1.807) is 23.2 Å². The fourth-order valence-corrected chi connectivity index (χ4v) is 1.58. The lowest BCUT2D eigenvalue weighted by Gasteiger charge is -2.16. The summed E-state index contributed by atoms with van der Waals surface area (Å²) in [4.78, 5) is 28.6. The van der Waals surface area contributed by atoms with E-state index < -0.39 is 5.97 Å². The van der Waals surface area contributed by atoms with Gasteiger partial charge in [-0.25, -0.2) is 4.98 Å². The third-order valence-electron chi connectivity index (χ3n) is 2.71. The van der Waals surface area contributed by atoms with Crippen LogP contribution in [0.2, 0.25) is 0 Å². The molecule has 1 rings (SSSR count). The van der Waals surface area contributed by atoms with E-state index in [2.05, 4.69) is 10.3 Å². The Labute approximate surface area is 112 Å². The first-order valence-corrected chi connectivity index (χ1v) is 6.10. The van der Waals surface area contributed by atoms with Gasteiger partial charge in [0.25, 0.3) is 5.91 Å². The van der Waals surface area contributed by atoms with Crippen LogP contribution in [0.15, 0.2) is 18.3 Å². The minimum atomic E-state index is -0.921. The highest BCUT2D eigenvalue weighted by Crippen LogP contribution is 2.10. The molecule has 0 aromatic carbocycles. The topological polar surface area (TPSA) is 82.5 Å². The predicted octanol–water partition coefficient (Wildman–Crippen LogP) is 1.13. The first kappa shape index (κ1) is 14.9. The molecule has 6 heteroatoms. The highest BCUT2D eigenvalue weighted by Gasteiger charge is 2.15. The summed E-state index contributed by atoms with van der Waals surface area (Å²) in [7, 11) is 3.67. The number of aliphatic carboxylic acids is 1. The highest BCUT2D eigenvalue weighted by atomic mass is 16.4. The minimum Gasteiger partial charge on any atom is -0.481 e. The number of hydrogen-bond acceptors (Lipinski definition) is 4. The molecule has 2 N–H and O–H groups in total. The van der Waals surface area contributed by atoms with Crippen LogP contribution >= 0.6 is 0 Å². The highest BCUT2D eigenvalue weighted by molar-refractivity contribution is 5.95. The summed E-state index contributed by atoms with van der Waals surface area (Å²) in [6.07, 6.45) is 2.06. The summed E-state index contributed by atoms with van der Waals surface area (Å²) in [6.45, 7) is 1.84. The standard InChI is InChI=1S/C13H19N3O3/c1-4-10(8-12(17)18)15-13(19)9-5-6-14-11(7-9)16(2)3/h5-7,10H,4,8H2,1-3H3,(H,15,19)(H,17,18). The first-order chi connectivity index (χ1) is 8.93. The summed E-state index contributed by atoms with van der Waals surface area (Å²) >= 11 is 0. The molecule has 0 radical (unpaired) electrons. The van der Waals surface area contributed by atoms with E-state index in [-0.39, 0.29) is 18.4 Å². The van der Waals surface area contributed by atoms with Crippen LogP contribution in [-0.2, 0) is 4.79 Å². The van der Waals surface area contributed by atoms with Crippen LogP contribution in [0.5, 0.6) is 0 Å². The van der Waals surface area contributed by atoms with Crippen molar-refractivity contribution in [1.82, 2.24) is 10.3 Å². The van der Waals surface area contributed by atoms with Crippen molar-refractivity contribution in [3.05, 3.63) is 23.9 Å². The average molecular weight is 265 g/mol. The van der Waals surface area contributed by atoms with Gasteiger partial charge in [-0.3, -0.25) is 9.59 Å². The number of carboxylic acids is 1. The maximum Gasteiger partial charge on any atom is 0.305 e. The lowest BCUT2D eigenvalue weighted by molar-refractivity contribution is -0.137. The molecule has 0 bridgehead atoms. The number of pyridine rings is 1. The van der Waals surface area contributed by atoms with Crippen molar-refractivity contribution in [3.8, 4) is 0 Å². The molecule has 0 aliphatic carbocycles. The number of carboxylic acid groups (broad SMARTS) is 1. The molecule has 0 spiro atoms. The molecule has 0 aliphatic rings. The lowest BCUT2D eigenvalue weighted by Crippen LogP contribution is -2.36. The second-order valence-corrected chi connectivity index (χ2v) is 4.47. The molecular weight excluding hydrogens is 246 g/mol. The number of carbonyl (C=O) groups excluding carboxylic acids is 1. The van der Waals surface area contributed by atoms with Gasteiger partial charge in [-0.1, -0.05) is 6.92 Å². The Morgan fingerprint density at radius 3 is 2.68 bits per heavy atom. The van der Waals surface area contributed by atoms with E-state index >= 15 is 0 Å². The Balaban J connectivity index is 2.76. The van der Waals surface area contributed by atoms with Gasteiger partial charge in [0.1, 0.15) is 5.82 Å². The quantitative estimate of drug-likeness (QED) is 0.805. The van der Waals surface area contributed by atoms with Gasteiger partial charge in [0, 0.05) is 31.9 Å². The fraction of sp³-hybridized carbons (Fsp3) is 0.462. The lowest BCUT2D eigenvalue weighted by atomic mass is 10.1. The maximum absolute atomic E-state index is 12.0. The van der Waals surface area contributed by atoms with Gasteiger partial charge >= 0.3 is 5.97 Å². The number of carbonyl (C=O) groups is 2. The monoisotopic (exact) mass is 265 g/mol. The van der Waals surface area contributed by atoms with Gasteiger partial charge in [0.2, 0.25) is 0 Å². The Morgan fingerprint density at radius 2 is 2.16 bits per heavy atom. The molecule has 1 amide bonds. The van der Waals surface area contributed by atoms with Crippen LogP contribution in [0.25, 0.3) is 0 Å². The zero-order valence-corrected chi connectivity index (χ0v) is 11.4. The van der Waals surface area contributed by atoms with Gasteiger partial charge in [-0.2, -0.15) is 0 Å². The van der Waals surface area contributed by atoms with Crippen molar-refractivity contribution in [1.29, 1.82) is 0 Å². The molecule has 1 aromatic rings. The molecule has 19 heavy (non-hydrogen) atoms. The SMILES string of the molecule is CCC(CC(=O)O)NC(=O)c1ccnc(N(C)C)c1. The van der Waals surface area contributed by atoms with Crippen LogP contribution in [0.1, 0.15) is 30.1 Å². The third kappa shape index (κ3) is 4.57. The summed E-state index contributed by atoms with van der Waals surface area (Å²) in [5.41, 5.74) is 0.475. The Hall–Kier alpha value is -2.11. The van der Waals surface area contributed by atoms with Crippen molar-refractivity contribution in [2.24, 2.45) is 0 Å². The molecule has 0 aliphatic heterocycles. The van der Waals surface area contributed by atoms with E-state index in [0.29, 0.717) is 17.8 Å². The van der Waals surface area contributed by atoms with Gasteiger partial charge in [0.15, 0.2) is 0 Å². The van der Waals surface area contributed by atoms with Gasteiger partial charge in [-0.05, 0) is 18.6 Å². The number of hydrogen-bond donors (Lipinski definition) is 2. The van der Waals surface area contributed by atoms with Gasteiger partial charge in [0.05, 0.1) is 6.42 Å². The number of nitrogens with one attached hydrogen (secondary N) is 1. The Bertz CT molecular complexity index is 460. The summed E-state index contributed by atoms with van der Waals surface area (Å²) in [5, 5.41) is 11.5. The van der Waals surface area contributed by atoms with Crippen LogP contribution in [-0.4, -0.2) is 42.1 Å². The average Bonchev–Trinajstić information content (AvgIpc) is 2.37. The second kappa shape index (κ2) is 6.72. The zero-order valence-electron chi connectivity index (χ0n) is 11.4. The van der Waals surface area contributed by atoms with Gasteiger partial charge < -0.3 is 15.3 Å². The Kier molecular flexibility index (Phi) is 5.29. The van der Waals surface area contributed by atoms with Crippen LogP contribution in [0.4, 0.5) is 5.82 Å². The largest absolute Gasteiger partial charge is 0.481 e. The molecule has 1 atom stereocenters. The number of aromatic nitrogens is 1. The second-order valence-electron chi connectivity index (χ2n) is 4.47. The van der Waals surface area contributed by atoms with Crippen molar-refractivity contribution in [2.45, 2.75) is 25.8 Å². The molecule has 1 aromatic heterocycles. The van der Waals surface area contributed by atoms with E-state index in [1.807, 2.05) is 21.0 Å². The maximum atomic E-state index is 12.0. The minimum absolute atomic E-state index is 0.0755. The van der Waals surface area contributed by atoms with Gasteiger partial charge in [-0.15, -0.1) is 0 Å². The molecular formula is C13H19N3O3. The third-order valence-corrected chi connectivity index (χ3v) is 2.71. The smallest absolute Gasteiger partial charge is 0.305 e. The fourth-order valence-electron chi connectivity index (χ4n) is 1.58. The summed E-state index contributed by atoms with van der Waals surface area (Å²) in [6, 6.07) is 2.92. The molecule has 1 unspecified atom stereocenters. The molecule has 0 saturated heterocycles. The van der Waals surface area contributed by atoms with Crippen LogP contribution in [0.3, 0.4) is 0 Å². The predicted molar refractivity (Wildman–Crippen MR) is 72.4 cm³/mol.